The van der Waals surface area contributed by atoms with E-state index in [-0.39, 0.29) is 23.3 Å². The molecule has 0 aliphatic rings. The zero-order valence-corrected chi connectivity index (χ0v) is 11.4. The van der Waals surface area contributed by atoms with Crippen molar-refractivity contribution in [2.75, 3.05) is 11.4 Å². The van der Waals surface area contributed by atoms with Gasteiger partial charge < -0.3 is 15.8 Å². The molecule has 1 rings (SSSR count). The highest BCUT2D eigenvalue weighted by Crippen LogP contribution is 2.31. The topological polar surface area (TPSA) is 74.7 Å². The standard InChI is InChI=1S/C12H17F3N4O/c1-4-19(7(2)3)11-8(10(16)18-20)5-6-9(17-11)12(13,14)15/h5-7,20H,4H2,1-3H3,(H2,16,18). The first-order valence-corrected chi connectivity index (χ1v) is 6.05. The highest BCUT2D eigenvalue weighted by atomic mass is 19.4. The molecule has 8 heteroatoms. The van der Waals surface area contributed by atoms with Crippen LogP contribution in [0, 0.1) is 0 Å². The second kappa shape index (κ2) is 5.98. The van der Waals surface area contributed by atoms with Crippen molar-refractivity contribution in [3.63, 3.8) is 0 Å². The summed E-state index contributed by atoms with van der Waals surface area (Å²) < 4.78 is 38.3. The molecule has 0 saturated heterocycles. The number of nitrogens with two attached hydrogens (primary N) is 1. The molecule has 0 aromatic carbocycles. The van der Waals surface area contributed by atoms with Crippen molar-refractivity contribution in [3.05, 3.63) is 23.4 Å². The number of amidine groups is 1. The summed E-state index contributed by atoms with van der Waals surface area (Å²) in [5, 5.41) is 11.6. The second-order valence-corrected chi connectivity index (χ2v) is 4.43. The van der Waals surface area contributed by atoms with Gasteiger partial charge in [0.1, 0.15) is 11.5 Å². The largest absolute Gasteiger partial charge is 0.433 e. The van der Waals surface area contributed by atoms with Crippen molar-refractivity contribution in [2.24, 2.45) is 10.9 Å². The Kier molecular flexibility index (Phi) is 4.80. The Hall–Kier alpha value is -1.99. The number of nitrogens with zero attached hydrogens (tertiary/aromatic N) is 3. The maximum atomic E-state index is 12.8. The molecule has 1 heterocycles. The van der Waals surface area contributed by atoms with Crippen molar-refractivity contribution in [2.45, 2.75) is 33.0 Å². The van der Waals surface area contributed by atoms with E-state index in [1.807, 2.05) is 13.8 Å². The summed E-state index contributed by atoms with van der Waals surface area (Å²) in [5.74, 6) is -0.229. The van der Waals surface area contributed by atoms with Crippen LogP contribution in [-0.2, 0) is 6.18 Å². The molecule has 3 N–H and O–H groups in total. The number of alkyl halides is 3. The summed E-state index contributed by atoms with van der Waals surface area (Å²) in [6.07, 6.45) is -4.55. The Morgan fingerprint density at radius 3 is 2.45 bits per heavy atom. The SMILES string of the molecule is CCN(c1nc(C(F)(F)F)ccc1C(N)=NO)C(C)C. The van der Waals surface area contributed by atoms with Crippen molar-refractivity contribution < 1.29 is 18.4 Å². The van der Waals surface area contributed by atoms with Crippen LogP contribution in [0.1, 0.15) is 32.0 Å². The minimum Gasteiger partial charge on any atom is -0.409 e. The molecule has 112 valence electrons. The van der Waals surface area contributed by atoms with E-state index in [4.69, 9.17) is 10.9 Å². The average molecular weight is 290 g/mol. The van der Waals surface area contributed by atoms with Crippen LogP contribution in [0.4, 0.5) is 19.0 Å². The van der Waals surface area contributed by atoms with Gasteiger partial charge in [0.25, 0.3) is 0 Å². The van der Waals surface area contributed by atoms with Crippen LogP contribution in [-0.4, -0.2) is 28.6 Å². The summed E-state index contributed by atoms with van der Waals surface area (Å²) in [4.78, 5) is 5.28. The molecule has 0 unspecified atom stereocenters. The minimum atomic E-state index is -4.55. The highest BCUT2D eigenvalue weighted by molar-refractivity contribution is 6.01. The number of pyridine rings is 1. The lowest BCUT2D eigenvalue weighted by atomic mass is 10.1. The summed E-state index contributed by atoms with van der Waals surface area (Å²) >= 11 is 0. The van der Waals surface area contributed by atoms with Crippen LogP contribution < -0.4 is 10.6 Å². The van der Waals surface area contributed by atoms with Crippen LogP contribution >= 0.6 is 0 Å². The van der Waals surface area contributed by atoms with E-state index >= 15 is 0 Å². The van der Waals surface area contributed by atoms with Crippen molar-refractivity contribution in [1.29, 1.82) is 0 Å². The Morgan fingerprint density at radius 1 is 1.45 bits per heavy atom. The van der Waals surface area contributed by atoms with Gasteiger partial charge in [-0.1, -0.05) is 5.16 Å². The monoisotopic (exact) mass is 290 g/mol. The van der Waals surface area contributed by atoms with E-state index in [2.05, 4.69) is 10.1 Å². The second-order valence-electron chi connectivity index (χ2n) is 4.43. The van der Waals surface area contributed by atoms with Crippen LogP contribution in [0.5, 0.6) is 0 Å². The van der Waals surface area contributed by atoms with E-state index in [1.165, 1.54) is 0 Å². The Morgan fingerprint density at radius 2 is 2.05 bits per heavy atom. The third-order valence-corrected chi connectivity index (χ3v) is 2.79. The van der Waals surface area contributed by atoms with Crippen LogP contribution in [0.15, 0.2) is 17.3 Å². The Balaban J connectivity index is 3.48. The quantitative estimate of drug-likeness (QED) is 0.386. The first-order chi connectivity index (χ1) is 9.22. The van der Waals surface area contributed by atoms with Gasteiger partial charge in [-0.25, -0.2) is 4.98 Å². The third kappa shape index (κ3) is 3.31. The maximum Gasteiger partial charge on any atom is 0.433 e. The number of hydrogen-bond acceptors (Lipinski definition) is 4. The van der Waals surface area contributed by atoms with Gasteiger partial charge in [-0.05, 0) is 32.9 Å². The Bertz CT molecular complexity index is 500. The first-order valence-electron chi connectivity index (χ1n) is 6.05. The van der Waals surface area contributed by atoms with Crippen LogP contribution in [0.25, 0.3) is 0 Å². The van der Waals surface area contributed by atoms with Gasteiger partial charge in [0.2, 0.25) is 0 Å². The summed E-state index contributed by atoms with van der Waals surface area (Å²) in [6.45, 7) is 5.87. The summed E-state index contributed by atoms with van der Waals surface area (Å²) in [5.41, 5.74) is 4.65. The number of halogens is 3. The lowest BCUT2D eigenvalue weighted by Crippen LogP contribution is -2.34. The van der Waals surface area contributed by atoms with E-state index in [1.54, 1.807) is 11.8 Å². The molecule has 0 bridgehead atoms. The molecule has 5 nitrogen and oxygen atoms in total. The van der Waals surface area contributed by atoms with E-state index in [0.29, 0.717) is 6.54 Å². The predicted octanol–water partition coefficient (Wildman–Crippen LogP) is 2.43. The maximum absolute atomic E-state index is 12.8. The molecule has 0 aliphatic heterocycles. The molecule has 0 amide bonds. The fourth-order valence-electron chi connectivity index (χ4n) is 1.84. The van der Waals surface area contributed by atoms with E-state index < -0.39 is 11.9 Å². The molecule has 0 spiro atoms. The van der Waals surface area contributed by atoms with Crippen molar-refractivity contribution in [3.8, 4) is 0 Å². The normalized spacial score (nSPS) is 12.8. The molecule has 1 aromatic heterocycles. The third-order valence-electron chi connectivity index (χ3n) is 2.79. The molecule has 0 fully saturated rings. The van der Waals surface area contributed by atoms with Gasteiger partial charge >= 0.3 is 6.18 Å². The van der Waals surface area contributed by atoms with Gasteiger partial charge in [-0.3, -0.25) is 0 Å². The first kappa shape index (κ1) is 16.1. The predicted molar refractivity (Wildman–Crippen MR) is 69.9 cm³/mol. The number of aromatic nitrogens is 1. The molecular formula is C12H17F3N4O. The zero-order chi connectivity index (χ0) is 15.5. The van der Waals surface area contributed by atoms with Crippen LogP contribution in [0.3, 0.4) is 0 Å². The molecule has 0 saturated carbocycles. The fourth-order valence-corrected chi connectivity index (χ4v) is 1.84. The summed E-state index contributed by atoms with van der Waals surface area (Å²) in [7, 11) is 0. The number of rotatable bonds is 4. The van der Waals surface area contributed by atoms with Crippen LogP contribution in [0.2, 0.25) is 0 Å². The minimum absolute atomic E-state index is 0.0487. The number of anilines is 1. The highest BCUT2D eigenvalue weighted by Gasteiger charge is 2.34. The van der Waals surface area contributed by atoms with Gasteiger partial charge in [0, 0.05) is 12.6 Å². The molecule has 0 atom stereocenters. The van der Waals surface area contributed by atoms with Crippen molar-refractivity contribution in [1.82, 2.24) is 4.98 Å². The lowest BCUT2D eigenvalue weighted by molar-refractivity contribution is -0.141. The smallest absolute Gasteiger partial charge is 0.409 e. The molecule has 0 radical (unpaired) electrons. The zero-order valence-electron chi connectivity index (χ0n) is 11.4. The molecule has 0 aliphatic carbocycles. The van der Waals surface area contributed by atoms with E-state index in [9.17, 15) is 13.2 Å². The van der Waals surface area contributed by atoms with Crippen molar-refractivity contribution >= 4 is 11.7 Å². The average Bonchev–Trinajstić information content (AvgIpc) is 2.37. The van der Waals surface area contributed by atoms with Gasteiger partial charge in [-0.15, -0.1) is 0 Å². The molecule has 1 aromatic rings. The number of hydrogen-bond donors (Lipinski definition) is 2. The van der Waals surface area contributed by atoms with Gasteiger partial charge in [0.05, 0.1) is 5.56 Å². The van der Waals surface area contributed by atoms with Gasteiger partial charge in [-0.2, -0.15) is 13.2 Å². The fraction of sp³-hybridized carbons (Fsp3) is 0.500. The molecule has 20 heavy (non-hydrogen) atoms. The lowest BCUT2D eigenvalue weighted by Gasteiger charge is -2.28. The van der Waals surface area contributed by atoms with Gasteiger partial charge in [0.15, 0.2) is 5.84 Å². The van der Waals surface area contributed by atoms with E-state index in [0.717, 1.165) is 12.1 Å². The molecular weight excluding hydrogens is 273 g/mol. The summed E-state index contributed by atoms with van der Waals surface area (Å²) in [6, 6.07) is 1.89. The Labute approximate surface area is 114 Å². The number of oxime groups is 1.